The Kier molecular flexibility index (Phi) is 11.9. The van der Waals surface area contributed by atoms with Gasteiger partial charge in [-0.25, -0.2) is 14.4 Å². The van der Waals surface area contributed by atoms with E-state index in [1.54, 1.807) is 24.3 Å². The molecule has 5 rings (SSSR count). The number of rotatable bonds is 12. The van der Waals surface area contributed by atoms with Gasteiger partial charge in [0.2, 0.25) is 5.91 Å². The number of hydrogen-bond donors (Lipinski definition) is 4. The number of nitrogens with zero attached hydrogens (tertiary/aromatic N) is 2. The van der Waals surface area contributed by atoms with Crippen LogP contribution in [0.2, 0.25) is 0 Å². The van der Waals surface area contributed by atoms with E-state index in [1.807, 2.05) is 36.4 Å². The molecule has 15 heteroatoms. The fraction of sp³-hybridized carbons (Fsp3) is 0.406. The molecule has 1 aromatic heterocycles. The van der Waals surface area contributed by atoms with Crippen molar-refractivity contribution in [1.82, 2.24) is 20.2 Å². The van der Waals surface area contributed by atoms with Gasteiger partial charge in [0.05, 0.1) is 6.54 Å². The van der Waals surface area contributed by atoms with Gasteiger partial charge < -0.3 is 39.4 Å². The Balaban J connectivity index is 1.17. The third-order valence-corrected chi connectivity index (χ3v) is 7.41. The maximum absolute atomic E-state index is 13.1. The molecule has 3 amide bonds. The second-order valence-corrected chi connectivity index (χ2v) is 10.9. The van der Waals surface area contributed by atoms with E-state index in [9.17, 15) is 24.3 Å². The molecule has 0 radical (unpaired) electrons. The lowest BCUT2D eigenvalue weighted by Crippen LogP contribution is -2.45. The Labute approximate surface area is 270 Å². The topological polar surface area (TPSA) is 189 Å². The molecule has 5 atom stereocenters. The number of amides is 3. The molecule has 15 nitrogen and oxygen atoms in total. The zero-order chi connectivity index (χ0) is 33.0. The molecule has 0 aliphatic carbocycles. The van der Waals surface area contributed by atoms with Gasteiger partial charge >= 0.3 is 17.9 Å². The summed E-state index contributed by atoms with van der Waals surface area (Å²) in [6, 6.07) is 19.6. The molecule has 2 fully saturated rings. The average Bonchev–Trinajstić information content (AvgIpc) is 3.39. The number of carbonyl (C=O) groups is 3. The molecule has 3 heterocycles. The zero-order valence-electron chi connectivity index (χ0n) is 25.5. The van der Waals surface area contributed by atoms with E-state index in [4.69, 9.17) is 23.7 Å². The predicted molar refractivity (Wildman–Crippen MR) is 165 cm³/mol. The number of aromatic nitrogens is 2. The van der Waals surface area contributed by atoms with Crippen LogP contribution in [-0.2, 0) is 41.7 Å². The number of anilines is 1. The van der Waals surface area contributed by atoms with Crippen LogP contribution in [0.3, 0.4) is 0 Å². The van der Waals surface area contributed by atoms with Gasteiger partial charge in [0, 0.05) is 19.3 Å². The standard InChI is InChI=1S/C32H37N5O10/c38-25(18-34-31(41)44-19-21-9-3-1-4-10-21)33-17-23-27(39)28(47-26-13-7-8-16-43-26)29(46-23)37-15-14-24(35-30(37)40)36-32(42)45-20-22-11-5-2-6-12-22/h1-6,9-12,14-15,23,26-29,39H,7-8,13,16-20H2,(H,33,38)(H,34,41)(H,35,36,40,42)/t23-,26?,27?,28?,29-/m1/s1. The summed E-state index contributed by atoms with van der Waals surface area (Å²) in [5.74, 6) is -0.600. The Bertz CT molecular complexity index is 1530. The van der Waals surface area contributed by atoms with Crippen LogP contribution in [0.4, 0.5) is 15.4 Å². The van der Waals surface area contributed by atoms with Crippen molar-refractivity contribution >= 4 is 23.9 Å². The number of hydrogen-bond acceptors (Lipinski definition) is 11. The van der Waals surface area contributed by atoms with E-state index < -0.39 is 54.6 Å². The van der Waals surface area contributed by atoms with Crippen LogP contribution < -0.4 is 21.6 Å². The normalized spacial score (nSPS) is 22.2. The Morgan fingerprint density at radius 3 is 2.23 bits per heavy atom. The van der Waals surface area contributed by atoms with Crippen LogP contribution in [0.5, 0.6) is 0 Å². The average molecular weight is 652 g/mol. The lowest BCUT2D eigenvalue weighted by molar-refractivity contribution is -0.215. The quantitative estimate of drug-likeness (QED) is 0.225. The number of ether oxygens (including phenoxy) is 5. The Hall–Kier alpha value is -4.83. The maximum Gasteiger partial charge on any atom is 0.413 e. The minimum atomic E-state index is -1.27. The minimum Gasteiger partial charge on any atom is -0.445 e. The highest BCUT2D eigenvalue weighted by Gasteiger charge is 2.47. The number of benzene rings is 2. The summed E-state index contributed by atoms with van der Waals surface area (Å²) in [6.07, 6.45) is -2.96. The summed E-state index contributed by atoms with van der Waals surface area (Å²) in [5.41, 5.74) is 0.800. The van der Waals surface area contributed by atoms with Gasteiger partial charge in [0.25, 0.3) is 0 Å². The molecule has 2 aliphatic rings. The largest absolute Gasteiger partial charge is 0.445 e. The maximum atomic E-state index is 13.1. The molecule has 3 aromatic rings. The molecule has 3 unspecified atom stereocenters. The van der Waals surface area contributed by atoms with Crippen molar-refractivity contribution in [2.75, 3.05) is 25.0 Å². The monoisotopic (exact) mass is 651 g/mol. The van der Waals surface area contributed by atoms with Crippen LogP contribution in [0, 0.1) is 0 Å². The Morgan fingerprint density at radius 2 is 1.60 bits per heavy atom. The number of nitrogens with one attached hydrogen (secondary N) is 3. The molecular weight excluding hydrogens is 614 g/mol. The molecule has 250 valence electrons. The van der Waals surface area contributed by atoms with Gasteiger partial charge in [-0.2, -0.15) is 4.98 Å². The van der Waals surface area contributed by atoms with Gasteiger partial charge in [0.1, 0.15) is 37.3 Å². The Morgan fingerprint density at radius 1 is 0.915 bits per heavy atom. The van der Waals surface area contributed by atoms with Crippen molar-refractivity contribution in [1.29, 1.82) is 0 Å². The van der Waals surface area contributed by atoms with Crippen molar-refractivity contribution in [2.24, 2.45) is 0 Å². The third kappa shape index (κ3) is 9.83. The van der Waals surface area contributed by atoms with Crippen molar-refractivity contribution in [2.45, 2.75) is 63.3 Å². The summed E-state index contributed by atoms with van der Waals surface area (Å²) in [4.78, 5) is 53.7. The molecule has 2 saturated heterocycles. The fourth-order valence-corrected chi connectivity index (χ4v) is 4.99. The van der Waals surface area contributed by atoms with Crippen molar-refractivity contribution in [3.63, 3.8) is 0 Å². The highest BCUT2D eigenvalue weighted by molar-refractivity contribution is 5.83. The van der Waals surface area contributed by atoms with Crippen molar-refractivity contribution in [3.05, 3.63) is 94.5 Å². The lowest BCUT2D eigenvalue weighted by Gasteiger charge is -2.29. The first-order chi connectivity index (χ1) is 22.9. The molecule has 0 saturated carbocycles. The third-order valence-electron chi connectivity index (χ3n) is 7.41. The smallest absolute Gasteiger partial charge is 0.413 e. The van der Waals surface area contributed by atoms with Crippen LogP contribution >= 0.6 is 0 Å². The van der Waals surface area contributed by atoms with Crippen LogP contribution in [0.15, 0.2) is 77.7 Å². The van der Waals surface area contributed by atoms with Crippen LogP contribution in [-0.4, -0.2) is 77.0 Å². The van der Waals surface area contributed by atoms with Gasteiger partial charge in [-0.3, -0.25) is 14.7 Å². The van der Waals surface area contributed by atoms with E-state index in [-0.39, 0.29) is 32.1 Å². The first kappa shape index (κ1) is 33.5. The lowest BCUT2D eigenvalue weighted by atomic mass is 10.1. The molecule has 4 N–H and O–H groups in total. The summed E-state index contributed by atoms with van der Waals surface area (Å²) in [7, 11) is 0. The molecule has 2 aliphatic heterocycles. The van der Waals surface area contributed by atoms with Gasteiger partial charge in [0.15, 0.2) is 12.5 Å². The minimum absolute atomic E-state index is 0.0339. The van der Waals surface area contributed by atoms with Crippen molar-refractivity contribution < 1.29 is 43.2 Å². The molecule has 47 heavy (non-hydrogen) atoms. The number of carbonyl (C=O) groups excluding carboxylic acids is 3. The summed E-state index contributed by atoms with van der Waals surface area (Å²) in [5, 5.41) is 18.6. The molecule has 0 bridgehead atoms. The number of aliphatic hydroxyl groups is 1. The SMILES string of the molecule is O=C(CNC(=O)OCc1ccccc1)NC[C@H]1O[C@@H](n2ccc(NC(=O)OCc3ccccc3)nc2=O)C(OC2CCCCO2)C1O. The summed E-state index contributed by atoms with van der Waals surface area (Å²) < 4.78 is 29.2. The van der Waals surface area contributed by atoms with Gasteiger partial charge in [-0.1, -0.05) is 60.7 Å². The first-order valence-electron chi connectivity index (χ1n) is 15.2. The zero-order valence-corrected chi connectivity index (χ0v) is 25.5. The van der Waals surface area contributed by atoms with E-state index in [1.165, 1.54) is 12.3 Å². The van der Waals surface area contributed by atoms with Crippen LogP contribution in [0.1, 0.15) is 36.6 Å². The second kappa shape index (κ2) is 16.6. The van der Waals surface area contributed by atoms with Gasteiger partial charge in [-0.05, 0) is 36.5 Å². The van der Waals surface area contributed by atoms with Crippen molar-refractivity contribution in [3.8, 4) is 0 Å². The van der Waals surface area contributed by atoms with E-state index >= 15 is 0 Å². The predicted octanol–water partition coefficient (Wildman–Crippen LogP) is 2.20. The van der Waals surface area contributed by atoms with E-state index in [2.05, 4.69) is 20.9 Å². The number of aliphatic hydroxyl groups excluding tert-OH is 1. The summed E-state index contributed by atoms with van der Waals surface area (Å²) >= 11 is 0. The van der Waals surface area contributed by atoms with E-state index in [0.29, 0.717) is 13.0 Å². The van der Waals surface area contributed by atoms with E-state index in [0.717, 1.165) is 28.5 Å². The molecular formula is C32H37N5O10. The number of alkyl carbamates (subject to hydrolysis) is 1. The highest BCUT2D eigenvalue weighted by Crippen LogP contribution is 2.33. The van der Waals surface area contributed by atoms with Gasteiger partial charge in [-0.15, -0.1) is 0 Å². The fourth-order valence-electron chi connectivity index (χ4n) is 4.99. The summed E-state index contributed by atoms with van der Waals surface area (Å²) in [6.45, 7) is 0.0418. The second-order valence-electron chi connectivity index (χ2n) is 10.9. The molecule has 2 aromatic carbocycles. The first-order valence-corrected chi connectivity index (χ1v) is 15.2. The van der Waals surface area contributed by atoms with Crippen LogP contribution in [0.25, 0.3) is 0 Å². The molecule has 0 spiro atoms. The highest BCUT2D eigenvalue weighted by atomic mass is 16.7.